The summed E-state index contributed by atoms with van der Waals surface area (Å²) in [6, 6.07) is 5.20. The fourth-order valence-corrected chi connectivity index (χ4v) is 3.24. The Morgan fingerprint density at radius 1 is 1.46 bits per heavy atom. The third kappa shape index (κ3) is 4.47. The first-order valence-electron chi connectivity index (χ1n) is 7.53. The second-order valence-electron chi connectivity index (χ2n) is 5.19. The number of rotatable bonds is 7. The molecule has 0 spiro atoms. The van der Waals surface area contributed by atoms with Crippen LogP contribution in [0.5, 0.6) is 0 Å². The molecule has 24 heavy (non-hydrogen) atoms. The molecule has 0 radical (unpaired) electrons. The molecule has 5 nitrogen and oxygen atoms in total. The van der Waals surface area contributed by atoms with Gasteiger partial charge in [-0.3, -0.25) is 9.59 Å². The Bertz CT molecular complexity index is 782. The van der Waals surface area contributed by atoms with Crippen molar-refractivity contribution in [1.29, 1.82) is 0 Å². The molecule has 2 N–H and O–H groups in total. The molecule has 0 saturated carbocycles. The van der Waals surface area contributed by atoms with Gasteiger partial charge in [0.1, 0.15) is 10.9 Å². The number of nitrogens with one attached hydrogen (secondary N) is 2. The maximum atomic E-state index is 12.3. The van der Waals surface area contributed by atoms with Crippen LogP contribution in [0.3, 0.4) is 0 Å². The summed E-state index contributed by atoms with van der Waals surface area (Å²) < 4.78 is 0.897. The lowest BCUT2D eigenvalue weighted by atomic mass is 10.2. The first-order valence-corrected chi connectivity index (χ1v) is 8.88. The minimum Gasteiger partial charge on any atom is -0.352 e. The van der Waals surface area contributed by atoms with Crippen LogP contribution < -0.4 is 10.6 Å². The number of hydrogen-bond acceptors (Lipinski definition) is 4. The van der Waals surface area contributed by atoms with Crippen LogP contribution in [0.1, 0.15) is 41.2 Å². The number of alkyl halides is 1. The topological polar surface area (TPSA) is 71.1 Å². The first kappa shape index (κ1) is 18.2. The molecule has 1 aromatic heterocycles. The number of amides is 2. The van der Waals surface area contributed by atoms with Gasteiger partial charge in [-0.05, 0) is 25.5 Å². The maximum Gasteiger partial charge on any atom is 0.253 e. The van der Waals surface area contributed by atoms with Gasteiger partial charge in [0.2, 0.25) is 5.91 Å². The summed E-state index contributed by atoms with van der Waals surface area (Å²) >= 11 is 6.95. The van der Waals surface area contributed by atoms with Crippen LogP contribution in [0, 0.1) is 12.3 Å². The zero-order valence-electron chi connectivity index (χ0n) is 13.3. The van der Waals surface area contributed by atoms with E-state index in [0.29, 0.717) is 24.0 Å². The molecule has 1 atom stereocenters. The summed E-state index contributed by atoms with van der Waals surface area (Å²) in [5.41, 5.74) is 1.16. The standard InChI is InChI=1S/C17H18ClN3O2S/c1-3-4-5-9-19-16(23)12-7-6-8-13-15(12)21-17(24-13)11(2)20-14(22)10-18/h1,6-8,11H,4-5,9-10H2,2H3,(H,19,23)(H,20,22). The summed E-state index contributed by atoms with van der Waals surface area (Å²) in [4.78, 5) is 28.3. The number of benzene rings is 1. The third-order valence-electron chi connectivity index (χ3n) is 3.33. The number of carbonyl (C=O) groups is 2. The molecule has 0 aliphatic heterocycles. The molecule has 2 rings (SSSR count). The quantitative estimate of drug-likeness (QED) is 0.451. The molecule has 126 valence electrons. The SMILES string of the molecule is C#CCCCNC(=O)c1cccc2sc(C(C)NC(=O)CCl)nc12. The largest absolute Gasteiger partial charge is 0.352 e. The van der Waals surface area contributed by atoms with E-state index in [4.69, 9.17) is 18.0 Å². The van der Waals surface area contributed by atoms with Crippen LogP contribution in [-0.2, 0) is 4.79 Å². The molecule has 0 fully saturated rings. The van der Waals surface area contributed by atoms with E-state index in [1.54, 1.807) is 6.07 Å². The minimum absolute atomic E-state index is 0.0967. The van der Waals surface area contributed by atoms with Gasteiger partial charge in [0.25, 0.3) is 5.91 Å². The lowest BCUT2D eigenvalue weighted by molar-refractivity contribution is -0.119. The van der Waals surface area contributed by atoms with Crippen LogP contribution >= 0.6 is 22.9 Å². The van der Waals surface area contributed by atoms with Crippen LogP contribution in [0.15, 0.2) is 18.2 Å². The van der Waals surface area contributed by atoms with Crippen molar-refractivity contribution >= 4 is 45.0 Å². The molecule has 1 aromatic carbocycles. The zero-order chi connectivity index (χ0) is 17.5. The Morgan fingerprint density at radius 3 is 2.96 bits per heavy atom. The molecule has 2 aromatic rings. The van der Waals surface area contributed by atoms with Crippen molar-refractivity contribution in [3.05, 3.63) is 28.8 Å². The molecular formula is C17H18ClN3O2S. The lowest BCUT2D eigenvalue weighted by Crippen LogP contribution is -2.27. The minimum atomic E-state index is -0.264. The fraction of sp³-hybridized carbons (Fsp3) is 0.353. The number of halogens is 1. The number of hydrogen-bond donors (Lipinski definition) is 2. The Balaban J connectivity index is 2.19. The van der Waals surface area contributed by atoms with Crippen molar-refractivity contribution in [3.8, 4) is 12.3 Å². The number of thiazole rings is 1. The van der Waals surface area contributed by atoms with Crippen molar-refractivity contribution in [2.24, 2.45) is 0 Å². The molecule has 0 aliphatic carbocycles. The number of nitrogens with zero attached hydrogens (tertiary/aromatic N) is 1. The van der Waals surface area contributed by atoms with Gasteiger partial charge in [-0.2, -0.15) is 0 Å². The average molecular weight is 364 g/mol. The van der Waals surface area contributed by atoms with Gasteiger partial charge in [0.05, 0.1) is 21.8 Å². The van der Waals surface area contributed by atoms with Crippen molar-refractivity contribution in [1.82, 2.24) is 15.6 Å². The molecule has 1 heterocycles. The maximum absolute atomic E-state index is 12.3. The van der Waals surface area contributed by atoms with E-state index in [2.05, 4.69) is 21.5 Å². The van der Waals surface area contributed by atoms with Gasteiger partial charge in [0.15, 0.2) is 0 Å². The monoisotopic (exact) mass is 363 g/mol. The highest BCUT2D eigenvalue weighted by Crippen LogP contribution is 2.28. The highest BCUT2D eigenvalue weighted by molar-refractivity contribution is 7.18. The van der Waals surface area contributed by atoms with Gasteiger partial charge in [-0.15, -0.1) is 35.3 Å². The number of para-hydroxylation sites is 1. The van der Waals surface area contributed by atoms with Gasteiger partial charge < -0.3 is 10.6 Å². The Hall–Kier alpha value is -2.10. The van der Waals surface area contributed by atoms with E-state index in [0.717, 1.165) is 16.1 Å². The van der Waals surface area contributed by atoms with Crippen molar-refractivity contribution in [2.45, 2.75) is 25.8 Å². The van der Waals surface area contributed by atoms with E-state index in [-0.39, 0.29) is 23.7 Å². The first-order chi connectivity index (χ1) is 11.6. The lowest BCUT2D eigenvalue weighted by Gasteiger charge is -2.09. The van der Waals surface area contributed by atoms with E-state index in [1.807, 2.05) is 19.1 Å². The second kappa shape index (κ2) is 8.67. The predicted octanol–water partition coefficient (Wildman–Crippen LogP) is 2.86. The van der Waals surface area contributed by atoms with Crippen LogP contribution in [0.4, 0.5) is 0 Å². The van der Waals surface area contributed by atoms with E-state index >= 15 is 0 Å². The van der Waals surface area contributed by atoms with Crippen molar-refractivity contribution < 1.29 is 9.59 Å². The highest BCUT2D eigenvalue weighted by Gasteiger charge is 2.17. The van der Waals surface area contributed by atoms with Gasteiger partial charge in [0, 0.05) is 13.0 Å². The Kier molecular flexibility index (Phi) is 6.59. The number of carbonyl (C=O) groups excluding carboxylic acids is 2. The third-order valence-corrected chi connectivity index (χ3v) is 4.78. The van der Waals surface area contributed by atoms with E-state index in [1.165, 1.54) is 11.3 Å². The molecule has 0 saturated heterocycles. The van der Waals surface area contributed by atoms with Gasteiger partial charge in [-0.25, -0.2) is 4.98 Å². The number of unbranched alkanes of at least 4 members (excludes halogenated alkanes) is 1. The molecule has 7 heteroatoms. The second-order valence-corrected chi connectivity index (χ2v) is 6.52. The van der Waals surface area contributed by atoms with Crippen molar-refractivity contribution in [3.63, 3.8) is 0 Å². The predicted molar refractivity (Wildman–Crippen MR) is 97.3 cm³/mol. The molecule has 1 unspecified atom stereocenters. The normalized spacial score (nSPS) is 11.7. The summed E-state index contributed by atoms with van der Waals surface area (Å²) in [7, 11) is 0. The van der Waals surface area contributed by atoms with Crippen LogP contribution in [0.25, 0.3) is 10.2 Å². The summed E-state index contributed by atoms with van der Waals surface area (Å²) in [6.45, 7) is 2.36. The number of fused-ring (bicyclic) bond motifs is 1. The summed E-state index contributed by atoms with van der Waals surface area (Å²) in [5.74, 6) is 2.02. The van der Waals surface area contributed by atoms with Crippen LogP contribution in [0.2, 0.25) is 0 Å². The summed E-state index contributed by atoms with van der Waals surface area (Å²) in [5, 5.41) is 6.34. The zero-order valence-corrected chi connectivity index (χ0v) is 14.8. The number of terminal acetylenes is 1. The molecule has 0 aliphatic rings. The van der Waals surface area contributed by atoms with Crippen molar-refractivity contribution in [2.75, 3.05) is 12.4 Å². The van der Waals surface area contributed by atoms with Gasteiger partial charge in [-0.1, -0.05) is 6.07 Å². The Morgan fingerprint density at radius 2 is 2.25 bits per heavy atom. The molecular weight excluding hydrogens is 346 g/mol. The fourth-order valence-electron chi connectivity index (χ4n) is 2.16. The molecule has 2 amide bonds. The van der Waals surface area contributed by atoms with Gasteiger partial charge >= 0.3 is 0 Å². The number of aromatic nitrogens is 1. The smallest absolute Gasteiger partial charge is 0.253 e. The average Bonchev–Trinajstić information content (AvgIpc) is 3.02. The van der Waals surface area contributed by atoms with E-state index in [9.17, 15) is 9.59 Å². The Labute approximate surface area is 149 Å². The molecule has 0 bridgehead atoms. The van der Waals surface area contributed by atoms with Crippen LogP contribution in [-0.4, -0.2) is 29.2 Å². The van der Waals surface area contributed by atoms with E-state index < -0.39 is 0 Å². The highest BCUT2D eigenvalue weighted by atomic mass is 35.5. The summed E-state index contributed by atoms with van der Waals surface area (Å²) in [6.07, 6.45) is 6.56.